The third-order valence-electron chi connectivity index (χ3n) is 4.14. The third-order valence-corrected chi connectivity index (χ3v) is 4.14. The number of hydrogen-bond acceptors (Lipinski definition) is 14. The molecular weight excluding hydrogens is 446 g/mol. The highest BCUT2D eigenvalue weighted by Crippen LogP contribution is 2.52. The van der Waals surface area contributed by atoms with Crippen molar-refractivity contribution in [3.63, 3.8) is 0 Å². The summed E-state index contributed by atoms with van der Waals surface area (Å²) in [7, 11) is 0. The first-order chi connectivity index (χ1) is 14.9. The lowest BCUT2D eigenvalue weighted by atomic mass is 9.86. The van der Waals surface area contributed by atoms with Crippen LogP contribution in [0.25, 0.3) is 0 Å². The number of aromatic hydroxyl groups is 3. The van der Waals surface area contributed by atoms with Crippen molar-refractivity contribution in [2.24, 2.45) is 0 Å². The maximum Gasteiger partial charge on any atom is 0.393 e. The SMILES string of the molecule is O=C1c2c(O)cc(O)cc2OC(O[N+](=O)[O-])(c2ccc(O)cc2)C1(O[N+](=O)[O-])O[N+](=O)[O-]. The first kappa shape index (κ1) is 21.6. The van der Waals surface area contributed by atoms with Crippen molar-refractivity contribution in [1.29, 1.82) is 0 Å². The van der Waals surface area contributed by atoms with E-state index >= 15 is 0 Å². The van der Waals surface area contributed by atoms with Gasteiger partial charge >= 0.3 is 11.6 Å². The Hall–Kier alpha value is -5.09. The van der Waals surface area contributed by atoms with Gasteiger partial charge in [0.15, 0.2) is 0 Å². The quantitative estimate of drug-likeness (QED) is 0.293. The van der Waals surface area contributed by atoms with Crippen LogP contribution in [-0.4, -0.2) is 42.1 Å². The van der Waals surface area contributed by atoms with Crippen LogP contribution in [0.5, 0.6) is 23.0 Å². The molecule has 1 unspecified atom stereocenters. The molecule has 32 heavy (non-hydrogen) atoms. The third kappa shape index (κ3) is 3.28. The fourth-order valence-electron chi connectivity index (χ4n) is 3.03. The molecule has 1 heterocycles. The van der Waals surface area contributed by atoms with Crippen LogP contribution < -0.4 is 4.74 Å². The van der Waals surface area contributed by atoms with Gasteiger partial charge in [-0.05, 0) is 24.3 Å². The van der Waals surface area contributed by atoms with Crippen molar-refractivity contribution in [2.75, 3.05) is 0 Å². The molecule has 1 aliphatic rings. The molecule has 1 aliphatic heterocycles. The zero-order valence-electron chi connectivity index (χ0n) is 15.1. The minimum Gasteiger partial charge on any atom is -0.508 e. The van der Waals surface area contributed by atoms with Crippen molar-refractivity contribution in [3.8, 4) is 23.0 Å². The van der Waals surface area contributed by atoms with Gasteiger partial charge < -0.3 is 20.1 Å². The summed E-state index contributed by atoms with van der Waals surface area (Å²) in [4.78, 5) is 59.7. The molecule has 0 aliphatic carbocycles. The number of ether oxygens (including phenoxy) is 1. The number of rotatable bonds is 7. The molecule has 3 N–H and O–H groups in total. The summed E-state index contributed by atoms with van der Waals surface area (Å²) in [5.74, 6) is -12.5. The average Bonchev–Trinajstić information content (AvgIpc) is 2.64. The second-order valence-electron chi connectivity index (χ2n) is 5.99. The van der Waals surface area contributed by atoms with Gasteiger partial charge in [0.05, 0.1) is 0 Å². The highest BCUT2D eigenvalue weighted by molar-refractivity contribution is 6.08. The lowest BCUT2D eigenvalue weighted by Gasteiger charge is -2.45. The van der Waals surface area contributed by atoms with E-state index in [1.807, 2.05) is 0 Å². The zero-order valence-corrected chi connectivity index (χ0v) is 15.1. The van der Waals surface area contributed by atoms with Gasteiger partial charge in [-0.2, -0.15) is 0 Å². The van der Waals surface area contributed by atoms with Crippen molar-refractivity contribution in [1.82, 2.24) is 0 Å². The lowest BCUT2D eigenvalue weighted by molar-refractivity contribution is -0.897. The average molecular weight is 455 g/mol. The molecule has 2 aromatic carbocycles. The van der Waals surface area contributed by atoms with E-state index in [-0.39, 0.29) is 0 Å². The Morgan fingerprint density at radius 1 is 0.812 bits per heavy atom. The molecule has 3 rings (SSSR count). The van der Waals surface area contributed by atoms with E-state index in [9.17, 15) is 50.5 Å². The second-order valence-corrected chi connectivity index (χ2v) is 5.99. The number of ketones is 1. The summed E-state index contributed by atoms with van der Waals surface area (Å²) in [5.41, 5.74) is -1.73. The summed E-state index contributed by atoms with van der Waals surface area (Å²) in [5, 5.41) is 57.9. The van der Waals surface area contributed by atoms with Gasteiger partial charge in [-0.3, -0.25) is 19.3 Å². The number of phenolic OH excluding ortho intramolecular Hbond substituents is 3. The van der Waals surface area contributed by atoms with Crippen LogP contribution in [0, 0.1) is 30.3 Å². The van der Waals surface area contributed by atoms with Gasteiger partial charge in [0, 0.05) is 17.7 Å². The molecule has 0 saturated carbocycles. The standard InChI is InChI=1S/C15H9N3O14/c19-8-3-1-7(2-4-8)14(30-16(23)24)15(31-17(25)26,32-18(27)28)13(22)12-10(21)5-9(20)6-11(12)29-14/h1-6,19-21H. The molecule has 0 aromatic heterocycles. The van der Waals surface area contributed by atoms with Gasteiger partial charge in [0.1, 0.15) is 28.6 Å². The van der Waals surface area contributed by atoms with Gasteiger partial charge in [-0.15, -0.1) is 30.3 Å². The van der Waals surface area contributed by atoms with Gasteiger partial charge in [0.25, 0.3) is 15.3 Å². The number of benzene rings is 2. The van der Waals surface area contributed by atoms with E-state index < -0.39 is 66.7 Å². The number of phenols is 3. The molecule has 0 amide bonds. The molecule has 0 bridgehead atoms. The highest BCUT2D eigenvalue weighted by atomic mass is 17.1. The summed E-state index contributed by atoms with van der Waals surface area (Å²) < 4.78 is 5.26. The van der Waals surface area contributed by atoms with E-state index in [2.05, 4.69) is 14.5 Å². The number of carbonyl (C=O) groups is 1. The molecule has 0 fully saturated rings. The maximum atomic E-state index is 13.2. The van der Waals surface area contributed by atoms with E-state index in [1.54, 1.807) is 0 Å². The summed E-state index contributed by atoms with van der Waals surface area (Å²) >= 11 is 0. The van der Waals surface area contributed by atoms with Crippen molar-refractivity contribution in [2.45, 2.75) is 11.6 Å². The van der Waals surface area contributed by atoms with Crippen LogP contribution in [0.2, 0.25) is 0 Å². The van der Waals surface area contributed by atoms with Crippen LogP contribution in [0.1, 0.15) is 15.9 Å². The van der Waals surface area contributed by atoms with Crippen LogP contribution in [0.3, 0.4) is 0 Å². The van der Waals surface area contributed by atoms with Gasteiger partial charge in [-0.1, -0.05) is 0 Å². The fraction of sp³-hybridized carbons (Fsp3) is 0.133. The summed E-state index contributed by atoms with van der Waals surface area (Å²) in [6.07, 6.45) is 0. The van der Waals surface area contributed by atoms with Gasteiger partial charge in [-0.25, -0.2) is 0 Å². The van der Waals surface area contributed by atoms with Crippen molar-refractivity contribution >= 4 is 5.78 Å². The molecule has 168 valence electrons. The van der Waals surface area contributed by atoms with Crippen molar-refractivity contribution < 1.29 is 54.6 Å². The van der Waals surface area contributed by atoms with E-state index in [0.29, 0.717) is 12.1 Å². The molecular formula is C15H9N3O14. The normalized spacial score (nSPS) is 18.6. The number of nitrogens with zero attached hydrogens (tertiary/aromatic N) is 3. The Morgan fingerprint density at radius 2 is 1.34 bits per heavy atom. The fourth-order valence-corrected chi connectivity index (χ4v) is 3.03. The Morgan fingerprint density at radius 3 is 1.84 bits per heavy atom. The predicted octanol–water partition coefficient (Wildman–Crippen LogP) is 0.553. The molecule has 17 nitrogen and oxygen atoms in total. The smallest absolute Gasteiger partial charge is 0.393 e. The van der Waals surface area contributed by atoms with Crippen LogP contribution in [0.15, 0.2) is 36.4 Å². The van der Waals surface area contributed by atoms with Crippen LogP contribution in [0.4, 0.5) is 0 Å². The molecule has 2 aromatic rings. The Labute approximate surface area is 173 Å². The van der Waals surface area contributed by atoms with E-state index in [1.165, 1.54) is 0 Å². The molecule has 0 saturated heterocycles. The lowest BCUT2D eigenvalue weighted by Crippen LogP contribution is -2.68. The van der Waals surface area contributed by atoms with Gasteiger partial charge in [0.2, 0.25) is 5.78 Å². The monoisotopic (exact) mass is 455 g/mol. The van der Waals surface area contributed by atoms with Crippen LogP contribution >= 0.6 is 0 Å². The molecule has 0 spiro atoms. The number of Topliss-reactive ketones (excluding diaryl/α,β-unsaturated/α-hetero) is 1. The summed E-state index contributed by atoms with van der Waals surface area (Å²) in [6.45, 7) is 0. The highest BCUT2D eigenvalue weighted by Gasteiger charge is 2.73. The number of carbonyl (C=O) groups excluding carboxylic acids is 1. The Kier molecular flexibility index (Phi) is 4.93. The topological polar surface area (TPSA) is 244 Å². The first-order valence-electron chi connectivity index (χ1n) is 8.01. The molecule has 0 radical (unpaired) electrons. The Balaban J connectivity index is 2.48. The predicted molar refractivity (Wildman–Crippen MR) is 91.5 cm³/mol. The van der Waals surface area contributed by atoms with E-state index in [0.717, 1.165) is 24.3 Å². The number of fused-ring (bicyclic) bond motifs is 1. The van der Waals surface area contributed by atoms with E-state index in [4.69, 9.17) is 4.74 Å². The summed E-state index contributed by atoms with van der Waals surface area (Å²) in [6, 6.07) is 4.56. The first-order valence-corrected chi connectivity index (χ1v) is 8.01. The van der Waals surface area contributed by atoms with Crippen molar-refractivity contribution in [3.05, 3.63) is 77.9 Å². The molecule has 17 heteroatoms. The maximum absolute atomic E-state index is 13.2. The Bertz CT molecular complexity index is 1120. The zero-order chi connectivity index (χ0) is 23.8. The minimum atomic E-state index is -3.99. The second kappa shape index (κ2) is 7.31. The molecule has 1 atom stereocenters. The largest absolute Gasteiger partial charge is 0.508 e. The number of hydrogen-bond donors (Lipinski definition) is 3. The van der Waals surface area contributed by atoms with Crippen LogP contribution in [-0.2, 0) is 20.3 Å². The minimum absolute atomic E-state index is 0.432.